The maximum Gasteiger partial charge on any atom is 0.0164 e. The Morgan fingerprint density at radius 1 is 1.05 bits per heavy atom. The van der Waals surface area contributed by atoms with Crippen LogP contribution in [0.1, 0.15) is 45.4 Å². The Bertz CT molecular complexity index is 242. The van der Waals surface area contributed by atoms with Crippen molar-refractivity contribution in [3.8, 4) is 0 Å². The van der Waals surface area contributed by atoms with E-state index in [1.807, 2.05) is 12.2 Å². The molecule has 0 aromatic heterocycles. The molecule has 1 fully saturated rings. The van der Waals surface area contributed by atoms with E-state index in [4.69, 9.17) is 0 Å². The molecule has 19 heavy (non-hydrogen) atoms. The summed E-state index contributed by atoms with van der Waals surface area (Å²) in [5.74, 6) is 0. The molecule has 2 nitrogen and oxygen atoms in total. The highest BCUT2D eigenvalue weighted by atomic mass is 15.1. The van der Waals surface area contributed by atoms with E-state index in [-0.39, 0.29) is 0 Å². The third-order valence-electron chi connectivity index (χ3n) is 4.25. The van der Waals surface area contributed by atoms with Gasteiger partial charge in [-0.05, 0) is 24.8 Å². The van der Waals surface area contributed by atoms with Crippen molar-refractivity contribution < 1.29 is 0 Å². The Morgan fingerprint density at radius 3 is 2.11 bits per heavy atom. The average Bonchev–Trinajstić information content (AvgIpc) is 2.63. The first-order valence-corrected chi connectivity index (χ1v) is 7.91. The first kappa shape index (κ1) is 16.5. The summed E-state index contributed by atoms with van der Waals surface area (Å²) in [4.78, 5) is 2.49. The van der Waals surface area contributed by atoms with E-state index in [2.05, 4.69) is 30.3 Å². The zero-order chi connectivity index (χ0) is 14.0. The fraction of sp³-hybridized carbons (Fsp3) is 0.765. The van der Waals surface area contributed by atoms with Crippen molar-refractivity contribution in [1.82, 2.24) is 10.2 Å². The van der Waals surface area contributed by atoms with E-state index in [9.17, 15) is 0 Å². The summed E-state index contributed by atoms with van der Waals surface area (Å²) >= 11 is 0. The first-order valence-electron chi connectivity index (χ1n) is 7.91. The van der Waals surface area contributed by atoms with Crippen molar-refractivity contribution in [2.24, 2.45) is 5.41 Å². The fourth-order valence-electron chi connectivity index (χ4n) is 3.30. The maximum absolute atomic E-state index is 3.89. The molecule has 0 heterocycles. The second-order valence-electron chi connectivity index (χ2n) is 5.97. The molecule has 0 spiro atoms. The number of rotatable bonds is 9. The lowest BCUT2D eigenvalue weighted by Crippen LogP contribution is -2.44. The lowest BCUT2D eigenvalue weighted by atomic mass is 9.79. The smallest absolute Gasteiger partial charge is 0.0164 e. The van der Waals surface area contributed by atoms with Gasteiger partial charge in [-0.25, -0.2) is 0 Å². The van der Waals surface area contributed by atoms with Crippen molar-refractivity contribution >= 4 is 0 Å². The number of hydrogen-bond acceptors (Lipinski definition) is 2. The van der Waals surface area contributed by atoms with Gasteiger partial charge in [-0.1, -0.05) is 44.8 Å². The molecular weight excluding hydrogens is 232 g/mol. The number of nitrogens with one attached hydrogen (secondary N) is 1. The predicted octanol–water partition coefficient (Wildman–Crippen LogP) is 3.61. The van der Waals surface area contributed by atoms with Crippen LogP contribution in [0, 0.1) is 5.41 Å². The van der Waals surface area contributed by atoms with Gasteiger partial charge in [0.25, 0.3) is 0 Å². The lowest BCUT2D eigenvalue weighted by Gasteiger charge is -2.38. The van der Waals surface area contributed by atoms with E-state index < -0.39 is 0 Å². The second-order valence-corrected chi connectivity index (χ2v) is 5.97. The molecule has 1 N–H and O–H groups in total. The minimum absolute atomic E-state index is 0.457. The number of nitrogens with zero attached hydrogens (tertiary/aromatic N) is 1. The molecule has 0 atom stereocenters. The molecule has 0 unspecified atom stereocenters. The van der Waals surface area contributed by atoms with E-state index in [1.165, 1.54) is 45.1 Å². The Kier molecular flexibility index (Phi) is 8.08. The Balaban J connectivity index is 2.69. The minimum Gasteiger partial charge on any atom is -0.316 e. The second kappa shape index (κ2) is 9.33. The van der Waals surface area contributed by atoms with Crippen LogP contribution in [0.15, 0.2) is 25.3 Å². The Hall–Kier alpha value is -0.600. The van der Waals surface area contributed by atoms with Gasteiger partial charge in [0, 0.05) is 26.2 Å². The maximum atomic E-state index is 3.89. The molecule has 0 aliphatic heterocycles. The monoisotopic (exact) mass is 264 g/mol. The summed E-state index contributed by atoms with van der Waals surface area (Å²) in [6, 6.07) is 0. The molecule has 1 rings (SSSR count). The summed E-state index contributed by atoms with van der Waals surface area (Å²) in [5, 5.41) is 3.60. The average molecular weight is 264 g/mol. The summed E-state index contributed by atoms with van der Waals surface area (Å²) in [6.45, 7) is 15.3. The van der Waals surface area contributed by atoms with Gasteiger partial charge < -0.3 is 5.32 Å². The molecule has 0 bridgehead atoms. The van der Waals surface area contributed by atoms with Crippen molar-refractivity contribution in [1.29, 1.82) is 0 Å². The minimum atomic E-state index is 0.457. The normalized spacial score (nSPS) is 19.1. The molecule has 0 aromatic carbocycles. The highest BCUT2D eigenvalue weighted by Gasteiger charge is 2.31. The van der Waals surface area contributed by atoms with Gasteiger partial charge >= 0.3 is 0 Å². The summed E-state index contributed by atoms with van der Waals surface area (Å²) < 4.78 is 0. The van der Waals surface area contributed by atoms with Gasteiger partial charge in [0.05, 0.1) is 0 Å². The van der Waals surface area contributed by atoms with Gasteiger partial charge in [-0.15, -0.1) is 13.2 Å². The van der Waals surface area contributed by atoms with Crippen LogP contribution in [-0.4, -0.2) is 37.6 Å². The molecule has 0 amide bonds. The van der Waals surface area contributed by atoms with Crippen LogP contribution < -0.4 is 5.32 Å². The standard InChI is InChI=1S/C17H32N2/c1-4-13-19(14-5-2)16-17(15-18-6-3)11-9-7-8-10-12-17/h4-5,18H,1-2,6-16H2,3H3. The lowest BCUT2D eigenvalue weighted by molar-refractivity contribution is 0.145. The topological polar surface area (TPSA) is 15.3 Å². The van der Waals surface area contributed by atoms with E-state index in [0.29, 0.717) is 5.41 Å². The van der Waals surface area contributed by atoms with Crippen LogP contribution in [-0.2, 0) is 0 Å². The van der Waals surface area contributed by atoms with Crippen molar-refractivity contribution in [3.05, 3.63) is 25.3 Å². The van der Waals surface area contributed by atoms with E-state index in [1.54, 1.807) is 0 Å². The van der Waals surface area contributed by atoms with E-state index in [0.717, 1.165) is 26.2 Å². The highest BCUT2D eigenvalue weighted by molar-refractivity contribution is 4.90. The van der Waals surface area contributed by atoms with Crippen molar-refractivity contribution in [2.45, 2.75) is 45.4 Å². The van der Waals surface area contributed by atoms with Crippen LogP contribution in [0.4, 0.5) is 0 Å². The fourth-order valence-corrected chi connectivity index (χ4v) is 3.30. The highest BCUT2D eigenvalue weighted by Crippen LogP contribution is 2.35. The molecule has 0 radical (unpaired) electrons. The van der Waals surface area contributed by atoms with E-state index >= 15 is 0 Å². The summed E-state index contributed by atoms with van der Waals surface area (Å²) in [6.07, 6.45) is 12.4. The summed E-state index contributed by atoms with van der Waals surface area (Å²) in [7, 11) is 0. The third kappa shape index (κ3) is 5.92. The molecule has 1 saturated carbocycles. The molecule has 2 heteroatoms. The van der Waals surface area contributed by atoms with Crippen LogP contribution in [0.3, 0.4) is 0 Å². The first-order chi connectivity index (χ1) is 9.26. The van der Waals surface area contributed by atoms with Gasteiger partial charge in [0.15, 0.2) is 0 Å². The molecule has 110 valence electrons. The molecular formula is C17H32N2. The largest absolute Gasteiger partial charge is 0.316 e. The van der Waals surface area contributed by atoms with Gasteiger partial charge in [-0.3, -0.25) is 4.90 Å². The van der Waals surface area contributed by atoms with Crippen LogP contribution >= 0.6 is 0 Å². The predicted molar refractivity (Wildman–Crippen MR) is 85.5 cm³/mol. The zero-order valence-corrected chi connectivity index (χ0v) is 12.8. The van der Waals surface area contributed by atoms with Crippen molar-refractivity contribution in [3.63, 3.8) is 0 Å². The number of hydrogen-bond donors (Lipinski definition) is 1. The van der Waals surface area contributed by atoms with Crippen LogP contribution in [0.5, 0.6) is 0 Å². The Labute approximate surface area is 120 Å². The molecule has 1 aliphatic rings. The molecule has 1 aliphatic carbocycles. The zero-order valence-electron chi connectivity index (χ0n) is 12.8. The quantitative estimate of drug-likeness (QED) is 0.505. The Morgan fingerprint density at radius 2 is 1.63 bits per heavy atom. The van der Waals surface area contributed by atoms with Gasteiger partial charge in [-0.2, -0.15) is 0 Å². The van der Waals surface area contributed by atoms with Crippen LogP contribution in [0.2, 0.25) is 0 Å². The van der Waals surface area contributed by atoms with Crippen molar-refractivity contribution in [2.75, 3.05) is 32.7 Å². The molecule has 0 saturated heterocycles. The van der Waals surface area contributed by atoms with Gasteiger partial charge in [0.1, 0.15) is 0 Å². The van der Waals surface area contributed by atoms with Gasteiger partial charge in [0.2, 0.25) is 0 Å². The molecule has 0 aromatic rings. The van der Waals surface area contributed by atoms with Crippen LogP contribution in [0.25, 0.3) is 0 Å². The summed E-state index contributed by atoms with van der Waals surface area (Å²) in [5.41, 5.74) is 0.457. The third-order valence-corrected chi connectivity index (χ3v) is 4.25. The SMILES string of the molecule is C=CCN(CC=C)CC1(CNCC)CCCCCC1.